The number of nitrogens with zero attached hydrogens (tertiary/aromatic N) is 2. The Balaban J connectivity index is 2.41. The highest BCUT2D eigenvalue weighted by Crippen LogP contribution is 2.18. The van der Waals surface area contributed by atoms with Gasteiger partial charge in [-0.25, -0.2) is 4.98 Å². The van der Waals surface area contributed by atoms with Gasteiger partial charge in [0.2, 0.25) is 0 Å². The molecule has 21 heavy (non-hydrogen) atoms. The molecule has 1 aromatic carbocycles. The van der Waals surface area contributed by atoms with Gasteiger partial charge in [0.25, 0.3) is 5.91 Å². The first-order valence-corrected chi connectivity index (χ1v) is 6.90. The van der Waals surface area contributed by atoms with Crippen LogP contribution in [0.1, 0.15) is 18.1 Å². The van der Waals surface area contributed by atoms with Gasteiger partial charge in [-0.1, -0.05) is 68.1 Å². The lowest BCUT2D eigenvalue weighted by molar-refractivity contribution is 0.0961. The summed E-state index contributed by atoms with van der Waals surface area (Å²) in [4.78, 5) is 16.9. The number of hydrogen-bond acceptors (Lipinski definition) is 2. The van der Waals surface area contributed by atoms with Gasteiger partial charge in [0.1, 0.15) is 5.82 Å². The molecule has 0 atom stereocenters. The number of benzene rings is 1. The van der Waals surface area contributed by atoms with Gasteiger partial charge >= 0.3 is 0 Å². The van der Waals surface area contributed by atoms with E-state index in [1.165, 1.54) is 0 Å². The maximum absolute atomic E-state index is 12.7. The fourth-order valence-electron chi connectivity index (χ4n) is 1.98. The van der Waals surface area contributed by atoms with Crippen LogP contribution in [0.25, 0.3) is 11.4 Å². The molecule has 0 unspecified atom stereocenters. The summed E-state index contributed by atoms with van der Waals surface area (Å²) in [6, 6.07) is 9.66. The van der Waals surface area contributed by atoms with Crippen molar-refractivity contribution >= 4 is 5.91 Å². The molecule has 1 aromatic heterocycles. The van der Waals surface area contributed by atoms with E-state index in [-0.39, 0.29) is 5.91 Å². The number of hydrogen-bond donors (Lipinski definition) is 0. The van der Waals surface area contributed by atoms with Crippen molar-refractivity contribution in [1.29, 1.82) is 0 Å². The van der Waals surface area contributed by atoms with Gasteiger partial charge in [-0.05, 0) is 6.42 Å². The first-order valence-electron chi connectivity index (χ1n) is 6.90. The molecule has 0 saturated carbocycles. The summed E-state index contributed by atoms with van der Waals surface area (Å²) in [5.74, 6) is 0.524. The number of carbonyl (C=O) groups is 1. The van der Waals surface area contributed by atoms with Crippen LogP contribution in [0.15, 0.2) is 79.2 Å². The van der Waals surface area contributed by atoms with Gasteiger partial charge in [0.05, 0.1) is 0 Å². The molecule has 0 bridgehead atoms. The van der Waals surface area contributed by atoms with Crippen molar-refractivity contribution in [2.75, 3.05) is 0 Å². The van der Waals surface area contributed by atoms with Crippen LogP contribution < -0.4 is 0 Å². The molecule has 3 nitrogen and oxygen atoms in total. The lowest BCUT2D eigenvalue weighted by atomic mass is 10.1. The summed E-state index contributed by atoms with van der Waals surface area (Å²) in [5, 5.41) is 0. The molecule has 0 amide bonds. The maximum Gasteiger partial charge on any atom is 0.263 e. The van der Waals surface area contributed by atoms with Crippen LogP contribution in [0.5, 0.6) is 0 Å². The highest BCUT2D eigenvalue weighted by Gasteiger charge is 2.14. The first kappa shape index (κ1) is 14.7. The monoisotopic (exact) mass is 278 g/mol. The minimum absolute atomic E-state index is 0.115. The molecular weight excluding hydrogens is 260 g/mol. The maximum atomic E-state index is 12.7. The third-order valence-corrected chi connectivity index (χ3v) is 2.97. The highest BCUT2D eigenvalue weighted by molar-refractivity contribution is 6.00. The quantitative estimate of drug-likeness (QED) is 0.604. The van der Waals surface area contributed by atoms with Crippen LogP contribution in [-0.2, 0) is 0 Å². The standard InChI is InChI=1S/C18H18N2O/c1-3-5-10-16(9-4-2)18(21)20-14-13-19-17(20)15-11-7-6-8-12-15/h4-14H,2-3H2,1H3/b10-5-,16-9+. The molecule has 0 radical (unpaired) electrons. The van der Waals surface area contributed by atoms with Gasteiger partial charge < -0.3 is 0 Å². The van der Waals surface area contributed by atoms with E-state index in [2.05, 4.69) is 11.6 Å². The zero-order valence-electron chi connectivity index (χ0n) is 12.1. The normalized spacial score (nSPS) is 11.8. The van der Waals surface area contributed by atoms with E-state index in [1.54, 1.807) is 29.1 Å². The van der Waals surface area contributed by atoms with Crippen LogP contribution in [0.3, 0.4) is 0 Å². The van der Waals surface area contributed by atoms with Crippen LogP contribution in [0, 0.1) is 0 Å². The zero-order valence-corrected chi connectivity index (χ0v) is 12.1. The average Bonchev–Trinajstić information content (AvgIpc) is 3.01. The van der Waals surface area contributed by atoms with Gasteiger partial charge in [-0.15, -0.1) is 0 Å². The van der Waals surface area contributed by atoms with Crippen LogP contribution in [0.4, 0.5) is 0 Å². The van der Waals surface area contributed by atoms with Crippen molar-refractivity contribution in [3.8, 4) is 11.4 Å². The SMILES string of the molecule is C=C/C=C(\C=C/CC)C(=O)n1ccnc1-c1ccccc1. The van der Waals surface area contributed by atoms with E-state index in [0.717, 1.165) is 12.0 Å². The van der Waals surface area contributed by atoms with Crippen molar-refractivity contribution in [3.05, 3.63) is 79.2 Å². The van der Waals surface area contributed by atoms with Crippen molar-refractivity contribution in [1.82, 2.24) is 9.55 Å². The molecule has 2 rings (SSSR count). The summed E-state index contributed by atoms with van der Waals surface area (Å²) in [6.07, 6.45) is 11.3. The first-order chi connectivity index (χ1) is 10.3. The predicted molar refractivity (Wildman–Crippen MR) is 86.0 cm³/mol. The van der Waals surface area contributed by atoms with Gasteiger partial charge in [-0.2, -0.15) is 0 Å². The van der Waals surface area contributed by atoms with Crippen molar-refractivity contribution in [2.45, 2.75) is 13.3 Å². The van der Waals surface area contributed by atoms with E-state index in [9.17, 15) is 4.79 Å². The zero-order chi connectivity index (χ0) is 15.1. The molecule has 0 aliphatic rings. The highest BCUT2D eigenvalue weighted by atomic mass is 16.2. The molecule has 0 saturated heterocycles. The molecular formula is C18H18N2O. The Hall–Kier alpha value is -2.68. The molecule has 3 heteroatoms. The Labute approximate surface area is 125 Å². The van der Waals surface area contributed by atoms with Gasteiger partial charge in [0.15, 0.2) is 0 Å². The summed E-state index contributed by atoms with van der Waals surface area (Å²) in [7, 11) is 0. The van der Waals surface area contributed by atoms with Crippen molar-refractivity contribution < 1.29 is 4.79 Å². The smallest absolute Gasteiger partial charge is 0.263 e. The number of carbonyl (C=O) groups excluding carboxylic acids is 1. The largest absolute Gasteiger partial charge is 0.268 e. The van der Waals surface area contributed by atoms with Crippen LogP contribution in [0.2, 0.25) is 0 Å². The fourth-order valence-corrected chi connectivity index (χ4v) is 1.98. The number of rotatable bonds is 5. The van der Waals surface area contributed by atoms with Gasteiger partial charge in [-0.3, -0.25) is 9.36 Å². The lowest BCUT2D eigenvalue weighted by Gasteiger charge is -2.07. The van der Waals surface area contributed by atoms with E-state index in [1.807, 2.05) is 49.4 Å². The minimum atomic E-state index is -0.115. The van der Waals surface area contributed by atoms with Crippen molar-refractivity contribution in [3.63, 3.8) is 0 Å². The fraction of sp³-hybridized carbons (Fsp3) is 0.111. The molecule has 106 valence electrons. The summed E-state index contributed by atoms with van der Waals surface area (Å²) in [6.45, 7) is 5.69. The summed E-state index contributed by atoms with van der Waals surface area (Å²) < 4.78 is 1.56. The predicted octanol–water partition coefficient (Wildman–Crippen LogP) is 4.27. The minimum Gasteiger partial charge on any atom is -0.268 e. The third-order valence-electron chi connectivity index (χ3n) is 2.97. The Morgan fingerprint density at radius 1 is 1.33 bits per heavy atom. The van der Waals surface area contributed by atoms with Crippen LogP contribution >= 0.6 is 0 Å². The molecule has 0 aliphatic heterocycles. The Morgan fingerprint density at radius 3 is 2.76 bits per heavy atom. The molecule has 0 fully saturated rings. The Morgan fingerprint density at radius 2 is 2.10 bits per heavy atom. The Kier molecular flexibility index (Phi) is 5.04. The average molecular weight is 278 g/mol. The molecule has 1 heterocycles. The topological polar surface area (TPSA) is 34.9 Å². The lowest BCUT2D eigenvalue weighted by Crippen LogP contribution is -2.13. The van der Waals surface area contributed by atoms with E-state index < -0.39 is 0 Å². The van der Waals surface area contributed by atoms with E-state index in [4.69, 9.17) is 0 Å². The number of allylic oxidation sites excluding steroid dienone is 5. The van der Waals surface area contributed by atoms with E-state index in [0.29, 0.717) is 11.4 Å². The number of aromatic nitrogens is 2. The molecule has 2 aromatic rings. The molecule has 0 N–H and O–H groups in total. The Bertz CT molecular complexity index is 678. The summed E-state index contributed by atoms with van der Waals surface area (Å²) >= 11 is 0. The molecule has 0 aliphatic carbocycles. The second-order valence-corrected chi connectivity index (χ2v) is 4.46. The second-order valence-electron chi connectivity index (χ2n) is 4.46. The molecule has 0 spiro atoms. The summed E-state index contributed by atoms with van der Waals surface area (Å²) in [5.41, 5.74) is 1.50. The van der Waals surface area contributed by atoms with E-state index >= 15 is 0 Å². The van der Waals surface area contributed by atoms with Crippen molar-refractivity contribution in [2.24, 2.45) is 0 Å². The second kappa shape index (κ2) is 7.20. The third kappa shape index (κ3) is 3.45. The van der Waals surface area contributed by atoms with Gasteiger partial charge in [0, 0.05) is 23.5 Å². The number of imidazole rings is 1. The van der Waals surface area contributed by atoms with Crippen LogP contribution in [-0.4, -0.2) is 15.5 Å².